The van der Waals surface area contributed by atoms with Gasteiger partial charge in [0.1, 0.15) is 6.61 Å². The Bertz CT molecular complexity index is 389. The van der Waals surface area contributed by atoms with Crippen LogP contribution in [0.1, 0.15) is 25.3 Å². The van der Waals surface area contributed by atoms with Gasteiger partial charge >= 0.3 is 0 Å². The third kappa shape index (κ3) is 4.11. The summed E-state index contributed by atoms with van der Waals surface area (Å²) in [5.74, 6) is 1.58. The van der Waals surface area contributed by atoms with Crippen LogP contribution < -0.4 is 14.8 Å². The van der Waals surface area contributed by atoms with Crippen LogP contribution in [-0.4, -0.2) is 33.0 Å². The topological polar surface area (TPSA) is 39.7 Å². The van der Waals surface area contributed by atoms with Gasteiger partial charge in [-0.05, 0) is 37.1 Å². The van der Waals surface area contributed by atoms with Gasteiger partial charge < -0.3 is 19.5 Å². The highest BCUT2D eigenvalue weighted by Crippen LogP contribution is 2.28. The van der Waals surface area contributed by atoms with Gasteiger partial charge in [-0.25, -0.2) is 0 Å². The number of benzene rings is 1. The smallest absolute Gasteiger partial charge is 0.161 e. The first-order chi connectivity index (χ1) is 9.33. The van der Waals surface area contributed by atoms with Crippen molar-refractivity contribution in [2.24, 2.45) is 0 Å². The molecule has 4 nitrogen and oxygen atoms in total. The molecule has 1 heterocycles. The monoisotopic (exact) mass is 265 g/mol. The number of ether oxygens (including phenoxy) is 3. The lowest BCUT2D eigenvalue weighted by Crippen LogP contribution is -2.17. The van der Waals surface area contributed by atoms with Crippen molar-refractivity contribution in [1.82, 2.24) is 5.32 Å². The van der Waals surface area contributed by atoms with Crippen molar-refractivity contribution in [3.63, 3.8) is 0 Å². The average Bonchev–Trinajstić information content (AvgIpc) is 2.96. The number of rotatable bonds is 7. The van der Waals surface area contributed by atoms with Crippen molar-refractivity contribution in [1.29, 1.82) is 0 Å². The van der Waals surface area contributed by atoms with Gasteiger partial charge in [0.25, 0.3) is 0 Å². The number of hydrogen-bond donors (Lipinski definition) is 1. The van der Waals surface area contributed by atoms with E-state index in [4.69, 9.17) is 14.2 Å². The van der Waals surface area contributed by atoms with Crippen molar-refractivity contribution >= 4 is 0 Å². The maximum absolute atomic E-state index is 5.85. The van der Waals surface area contributed by atoms with Gasteiger partial charge in [0, 0.05) is 13.2 Å². The second kappa shape index (κ2) is 7.36. The third-order valence-electron chi connectivity index (χ3n) is 3.26. The maximum Gasteiger partial charge on any atom is 0.161 e. The van der Waals surface area contributed by atoms with Crippen LogP contribution in [0.2, 0.25) is 0 Å². The van der Waals surface area contributed by atoms with Crippen LogP contribution in [0.5, 0.6) is 11.5 Å². The molecule has 1 unspecified atom stereocenters. The summed E-state index contributed by atoms with van der Waals surface area (Å²) in [5.41, 5.74) is 1.20. The van der Waals surface area contributed by atoms with Crippen molar-refractivity contribution in [2.75, 3.05) is 26.9 Å². The Morgan fingerprint density at radius 3 is 2.95 bits per heavy atom. The first-order valence-electron chi connectivity index (χ1n) is 6.95. The van der Waals surface area contributed by atoms with Gasteiger partial charge in [-0.3, -0.25) is 0 Å². The largest absolute Gasteiger partial charge is 0.493 e. The molecule has 0 radical (unpaired) electrons. The molecule has 106 valence electrons. The summed E-state index contributed by atoms with van der Waals surface area (Å²) < 4.78 is 16.8. The fraction of sp³-hybridized carbons (Fsp3) is 0.600. The van der Waals surface area contributed by atoms with Crippen molar-refractivity contribution < 1.29 is 14.2 Å². The molecule has 0 spiro atoms. The van der Waals surface area contributed by atoms with Gasteiger partial charge in [-0.15, -0.1) is 0 Å². The van der Waals surface area contributed by atoms with Gasteiger partial charge in [-0.1, -0.05) is 13.0 Å². The number of hydrogen-bond acceptors (Lipinski definition) is 4. The van der Waals surface area contributed by atoms with E-state index < -0.39 is 0 Å². The Kier molecular flexibility index (Phi) is 5.48. The Morgan fingerprint density at radius 2 is 2.26 bits per heavy atom. The summed E-state index contributed by atoms with van der Waals surface area (Å²) >= 11 is 0. The quantitative estimate of drug-likeness (QED) is 0.821. The van der Waals surface area contributed by atoms with E-state index >= 15 is 0 Å². The molecule has 2 rings (SSSR count). The Balaban J connectivity index is 1.98. The molecular weight excluding hydrogens is 242 g/mol. The SMILES string of the molecule is CCNCc1ccc(OC)c(OCC2CCCO2)c1. The zero-order valence-corrected chi connectivity index (χ0v) is 11.8. The van der Waals surface area contributed by atoms with Crippen LogP contribution in [0, 0.1) is 0 Å². The van der Waals surface area contributed by atoms with E-state index in [0.29, 0.717) is 6.61 Å². The van der Waals surface area contributed by atoms with Crippen LogP contribution >= 0.6 is 0 Å². The van der Waals surface area contributed by atoms with Crippen LogP contribution in [0.25, 0.3) is 0 Å². The molecule has 1 N–H and O–H groups in total. The van der Waals surface area contributed by atoms with E-state index in [1.807, 2.05) is 12.1 Å². The predicted octanol–water partition coefficient (Wildman–Crippen LogP) is 2.36. The second-order valence-electron chi connectivity index (χ2n) is 4.71. The summed E-state index contributed by atoms with van der Waals surface area (Å²) in [6.45, 7) is 5.35. The standard InChI is InChI=1S/C15H23NO3/c1-3-16-10-12-6-7-14(17-2)15(9-12)19-11-13-5-4-8-18-13/h6-7,9,13,16H,3-5,8,10-11H2,1-2H3. The first-order valence-corrected chi connectivity index (χ1v) is 6.95. The van der Waals surface area contributed by atoms with Crippen LogP contribution in [-0.2, 0) is 11.3 Å². The van der Waals surface area contributed by atoms with Gasteiger partial charge in [0.2, 0.25) is 0 Å². The lowest BCUT2D eigenvalue weighted by molar-refractivity contribution is 0.0669. The number of nitrogens with one attached hydrogen (secondary N) is 1. The van der Waals surface area contributed by atoms with Crippen LogP contribution in [0.4, 0.5) is 0 Å². The number of methoxy groups -OCH3 is 1. The Morgan fingerprint density at radius 1 is 1.37 bits per heavy atom. The molecule has 4 heteroatoms. The molecule has 0 amide bonds. The molecule has 1 saturated heterocycles. The fourth-order valence-electron chi connectivity index (χ4n) is 2.17. The van der Waals surface area contributed by atoms with Gasteiger partial charge in [-0.2, -0.15) is 0 Å². The Labute approximate surface area is 115 Å². The van der Waals surface area contributed by atoms with Crippen LogP contribution in [0.3, 0.4) is 0 Å². The molecule has 1 fully saturated rings. The zero-order valence-electron chi connectivity index (χ0n) is 11.8. The van der Waals surface area contributed by atoms with E-state index in [1.165, 1.54) is 5.56 Å². The van der Waals surface area contributed by atoms with Gasteiger partial charge in [0.05, 0.1) is 13.2 Å². The average molecular weight is 265 g/mol. The molecule has 1 aromatic carbocycles. The van der Waals surface area contributed by atoms with E-state index in [2.05, 4.69) is 18.3 Å². The van der Waals surface area contributed by atoms with Crippen molar-refractivity contribution in [2.45, 2.75) is 32.4 Å². The second-order valence-corrected chi connectivity index (χ2v) is 4.71. The van der Waals surface area contributed by atoms with Crippen LogP contribution in [0.15, 0.2) is 18.2 Å². The summed E-state index contributed by atoms with van der Waals surface area (Å²) in [6, 6.07) is 6.05. The minimum Gasteiger partial charge on any atom is -0.493 e. The van der Waals surface area contributed by atoms with E-state index in [1.54, 1.807) is 7.11 Å². The molecule has 1 aromatic rings. The molecule has 1 atom stereocenters. The summed E-state index contributed by atoms with van der Waals surface area (Å²) in [4.78, 5) is 0. The van der Waals surface area contributed by atoms with Crippen molar-refractivity contribution in [3.8, 4) is 11.5 Å². The zero-order chi connectivity index (χ0) is 13.5. The lowest BCUT2D eigenvalue weighted by atomic mass is 10.2. The minimum absolute atomic E-state index is 0.224. The third-order valence-corrected chi connectivity index (χ3v) is 3.26. The van der Waals surface area contributed by atoms with E-state index in [0.717, 1.165) is 44.0 Å². The molecule has 0 bridgehead atoms. The van der Waals surface area contributed by atoms with E-state index in [9.17, 15) is 0 Å². The summed E-state index contributed by atoms with van der Waals surface area (Å²) in [7, 11) is 1.66. The molecule has 0 aromatic heterocycles. The molecular formula is C15H23NO3. The highest BCUT2D eigenvalue weighted by atomic mass is 16.5. The first kappa shape index (κ1) is 14.2. The molecule has 19 heavy (non-hydrogen) atoms. The molecule has 0 aliphatic carbocycles. The predicted molar refractivity (Wildman–Crippen MR) is 74.8 cm³/mol. The highest BCUT2D eigenvalue weighted by Gasteiger charge is 2.17. The normalized spacial score (nSPS) is 18.5. The lowest BCUT2D eigenvalue weighted by Gasteiger charge is -2.15. The van der Waals surface area contributed by atoms with E-state index in [-0.39, 0.29) is 6.10 Å². The fourth-order valence-corrected chi connectivity index (χ4v) is 2.17. The van der Waals surface area contributed by atoms with Gasteiger partial charge in [0.15, 0.2) is 11.5 Å². The molecule has 1 aliphatic rings. The Hall–Kier alpha value is -1.26. The maximum atomic E-state index is 5.85. The summed E-state index contributed by atoms with van der Waals surface area (Å²) in [6.07, 6.45) is 2.44. The summed E-state index contributed by atoms with van der Waals surface area (Å²) in [5, 5.41) is 3.31. The minimum atomic E-state index is 0.224. The molecule has 0 saturated carbocycles. The highest BCUT2D eigenvalue weighted by molar-refractivity contribution is 5.43. The molecule has 1 aliphatic heterocycles. The van der Waals surface area contributed by atoms with Crippen molar-refractivity contribution in [3.05, 3.63) is 23.8 Å².